The molecule has 0 bridgehead atoms. The third-order valence-electron chi connectivity index (χ3n) is 9.56. The van der Waals surface area contributed by atoms with Crippen LogP contribution in [0.3, 0.4) is 0 Å². The van der Waals surface area contributed by atoms with Crippen LogP contribution in [-0.2, 0) is 15.6 Å². The quantitative estimate of drug-likeness (QED) is 0.159. The number of carbonyl (C=O) groups is 2. The van der Waals surface area contributed by atoms with Crippen molar-refractivity contribution in [2.45, 2.75) is 89.9 Å². The zero-order valence-corrected chi connectivity index (χ0v) is 30.3. The number of carbonyl (C=O) groups excluding carboxylic acids is 2. The Balaban J connectivity index is 1.71. The summed E-state index contributed by atoms with van der Waals surface area (Å²) < 4.78 is 6.42. The Labute approximate surface area is 274 Å². The van der Waals surface area contributed by atoms with Crippen molar-refractivity contribution in [2.24, 2.45) is 0 Å². The molecule has 2 amide bonds. The molecule has 0 fully saturated rings. The van der Waals surface area contributed by atoms with Crippen LogP contribution in [0.2, 0.25) is 18.1 Å². The molecular formula is C35H51ClN4O4Si. The standard InChI is InChI=1S/C35H51ClN4O4Si/c1-34(2,3)39(19-20-44-45(9,10)35(4,5)6)32(42)24-17-15-23(16-18-24)31-30-26(25-13-11-12-14-27(25)37-30)21-28(33(43)38(7)8)40(31)29(41)22-36/h11-18,28,31,33,37,43H,19-22H2,1-10H3/t28-,31+,33?/m1/s1. The van der Waals surface area contributed by atoms with E-state index in [9.17, 15) is 14.7 Å². The van der Waals surface area contributed by atoms with E-state index in [2.05, 4.69) is 44.9 Å². The second-order valence-corrected chi connectivity index (χ2v) is 20.0. The average molecular weight is 655 g/mol. The molecule has 0 aliphatic carbocycles. The number of nitrogens with zero attached hydrogens (tertiary/aromatic N) is 3. The Bertz CT molecular complexity index is 1510. The van der Waals surface area contributed by atoms with Gasteiger partial charge in [0.25, 0.3) is 5.91 Å². The maximum atomic E-state index is 13.9. The van der Waals surface area contributed by atoms with Crippen molar-refractivity contribution in [1.82, 2.24) is 19.7 Å². The molecule has 2 N–H and O–H groups in total. The molecule has 0 saturated carbocycles. The van der Waals surface area contributed by atoms with Gasteiger partial charge < -0.3 is 24.3 Å². The first-order valence-corrected chi connectivity index (χ1v) is 19.2. The fraction of sp³-hybridized carbons (Fsp3) is 0.543. The van der Waals surface area contributed by atoms with Gasteiger partial charge in [-0.25, -0.2) is 0 Å². The molecule has 2 heterocycles. The minimum absolute atomic E-state index is 0.0718. The molecule has 1 aliphatic heterocycles. The van der Waals surface area contributed by atoms with Gasteiger partial charge in [0.2, 0.25) is 5.91 Å². The summed E-state index contributed by atoms with van der Waals surface area (Å²) in [7, 11) is 1.64. The lowest BCUT2D eigenvalue weighted by molar-refractivity contribution is -0.140. The van der Waals surface area contributed by atoms with E-state index in [1.165, 1.54) is 0 Å². The van der Waals surface area contributed by atoms with E-state index < -0.39 is 32.2 Å². The number of halogens is 1. The molecule has 246 valence electrons. The molecule has 0 spiro atoms. The molecule has 10 heteroatoms. The summed E-state index contributed by atoms with van der Waals surface area (Å²) in [4.78, 5) is 36.3. The highest BCUT2D eigenvalue weighted by Gasteiger charge is 2.44. The summed E-state index contributed by atoms with van der Waals surface area (Å²) in [5, 5.41) is 12.5. The molecule has 3 atom stereocenters. The molecule has 8 nitrogen and oxygen atoms in total. The Morgan fingerprint density at radius 3 is 2.24 bits per heavy atom. The molecule has 4 rings (SSSR count). The van der Waals surface area contributed by atoms with Crippen LogP contribution in [0.25, 0.3) is 10.9 Å². The number of H-pyrrole nitrogens is 1. The first-order valence-electron chi connectivity index (χ1n) is 15.8. The number of para-hydroxylation sites is 1. The number of amides is 2. The van der Waals surface area contributed by atoms with E-state index in [1.54, 1.807) is 23.9 Å². The van der Waals surface area contributed by atoms with Crippen molar-refractivity contribution in [3.05, 3.63) is 70.9 Å². The van der Waals surface area contributed by atoms with E-state index in [1.807, 2.05) is 68.1 Å². The second kappa shape index (κ2) is 13.2. The predicted octanol–water partition coefficient (Wildman–Crippen LogP) is 6.39. The summed E-state index contributed by atoms with van der Waals surface area (Å²) in [5.74, 6) is -0.549. The molecule has 45 heavy (non-hydrogen) atoms. The number of aliphatic hydroxyl groups excluding tert-OH is 1. The third kappa shape index (κ3) is 7.18. The van der Waals surface area contributed by atoms with Crippen molar-refractivity contribution >= 4 is 42.6 Å². The molecule has 2 aromatic carbocycles. The monoisotopic (exact) mass is 654 g/mol. The Morgan fingerprint density at radius 2 is 1.69 bits per heavy atom. The molecular weight excluding hydrogens is 604 g/mol. The van der Waals surface area contributed by atoms with Crippen molar-refractivity contribution in [2.75, 3.05) is 33.1 Å². The van der Waals surface area contributed by atoms with Crippen molar-refractivity contribution < 1.29 is 19.1 Å². The van der Waals surface area contributed by atoms with Crippen LogP contribution in [0.15, 0.2) is 48.5 Å². The van der Waals surface area contributed by atoms with E-state index in [-0.39, 0.29) is 22.7 Å². The van der Waals surface area contributed by atoms with Gasteiger partial charge in [-0.2, -0.15) is 0 Å². The number of hydrogen-bond donors (Lipinski definition) is 2. The number of fused-ring (bicyclic) bond motifs is 3. The van der Waals surface area contributed by atoms with Crippen molar-refractivity contribution in [3.8, 4) is 0 Å². The number of hydrogen-bond acceptors (Lipinski definition) is 5. The number of aromatic nitrogens is 1. The minimum Gasteiger partial charge on any atom is -0.415 e. The third-order valence-corrected chi connectivity index (χ3v) is 14.3. The van der Waals surface area contributed by atoms with Crippen LogP contribution in [0.5, 0.6) is 0 Å². The maximum Gasteiger partial charge on any atom is 0.254 e. The van der Waals surface area contributed by atoms with E-state index in [0.717, 1.165) is 27.7 Å². The summed E-state index contributed by atoms with van der Waals surface area (Å²) in [6, 6.07) is 14.5. The zero-order chi connectivity index (χ0) is 33.5. The maximum absolute atomic E-state index is 13.9. The summed E-state index contributed by atoms with van der Waals surface area (Å²) in [5.41, 5.74) is 3.92. The summed E-state index contributed by atoms with van der Waals surface area (Å²) in [6.07, 6.45) is -0.428. The largest absolute Gasteiger partial charge is 0.415 e. The number of aromatic amines is 1. The lowest BCUT2D eigenvalue weighted by Gasteiger charge is -2.45. The Morgan fingerprint density at radius 1 is 1.07 bits per heavy atom. The SMILES string of the molecule is CN(C)C(O)[C@H]1Cc2c([nH]c3ccccc23)[C@H](c2ccc(C(=O)N(CCO[Si](C)(C)C(C)(C)C)C(C)(C)C)cc2)N1C(=O)CCl. The molecule has 1 aromatic heterocycles. The molecule has 0 saturated heterocycles. The van der Waals surface area contributed by atoms with Crippen LogP contribution in [0.1, 0.15) is 74.8 Å². The number of alkyl halides is 1. The summed E-state index contributed by atoms with van der Waals surface area (Å²) >= 11 is 6.18. The topological polar surface area (TPSA) is 89.1 Å². The van der Waals surface area contributed by atoms with Gasteiger partial charge in [-0.05, 0) is 88.7 Å². The first-order chi connectivity index (χ1) is 20.9. The van der Waals surface area contributed by atoms with Crippen LogP contribution in [0.4, 0.5) is 0 Å². The number of aliphatic hydroxyl groups is 1. The number of nitrogens with one attached hydrogen (secondary N) is 1. The normalized spacial score (nSPS) is 18.3. The fourth-order valence-corrected chi connectivity index (χ4v) is 7.12. The van der Waals surface area contributed by atoms with Gasteiger partial charge in [-0.1, -0.05) is 51.1 Å². The smallest absolute Gasteiger partial charge is 0.254 e. The number of benzene rings is 2. The van der Waals surface area contributed by atoms with E-state index >= 15 is 0 Å². The Hall–Kier alpha value is -2.69. The second-order valence-electron chi connectivity index (χ2n) is 14.9. The van der Waals surface area contributed by atoms with Gasteiger partial charge in [0.05, 0.1) is 18.7 Å². The van der Waals surface area contributed by atoms with Crippen LogP contribution in [0, 0.1) is 0 Å². The van der Waals surface area contributed by atoms with Gasteiger partial charge in [0.15, 0.2) is 8.32 Å². The highest BCUT2D eigenvalue weighted by Crippen LogP contribution is 2.42. The molecule has 3 aromatic rings. The minimum atomic E-state index is -1.96. The first kappa shape index (κ1) is 35.2. The van der Waals surface area contributed by atoms with E-state index in [4.69, 9.17) is 16.0 Å². The lowest BCUT2D eigenvalue weighted by atomic mass is 9.86. The average Bonchev–Trinajstić information content (AvgIpc) is 3.34. The fourth-order valence-electron chi connectivity index (χ4n) is 5.94. The highest BCUT2D eigenvalue weighted by molar-refractivity contribution is 6.74. The summed E-state index contributed by atoms with van der Waals surface area (Å²) in [6.45, 7) is 18.2. The van der Waals surface area contributed by atoms with Gasteiger partial charge in [0, 0.05) is 34.2 Å². The highest BCUT2D eigenvalue weighted by atomic mass is 35.5. The van der Waals surface area contributed by atoms with Gasteiger partial charge in [-0.15, -0.1) is 11.6 Å². The predicted molar refractivity (Wildman–Crippen MR) is 185 cm³/mol. The zero-order valence-electron chi connectivity index (χ0n) is 28.6. The van der Waals surface area contributed by atoms with E-state index in [0.29, 0.717) is 25.1 Å². The van der Waals surface area contributed by atoms with Gasteiger partial charge in [0.1, 0.15) is 12.1 Å². The van der Waals surface area contributed by atoms with Crippen molar-refractivity contribution in [1.29, 1.82) is 0 Å². The van der Waals surface area contributed by atoms with Crippen LogP contribution in [-0.4, -0.2) is 95.9 Å². The number of rotatable bonds is 9. The lowest BCUT2D eigenvalue weighted by Crippen LogP contribution is -2.56. The van der Waals surface area contributed by atoms with Crippen molar-refractivity contribution in [3.63, 3.8) is 0 Å². The van der Waals surface area contributed by atoms with Gasteiger partial charge in [-0.3, -0.25) is 14.5 Å². The molecule has 1 aliphatic rings. The van der Waals surface area contributed by atoms with Gasteiger partial charge >= 0.3 is 0 Å². The molecule has 1 unspecified atom stereocenters. The molecule has 0 radical (unpaired) electrons. The number of likely N-dealkylation sites (N-methyl/N-ethyl adjacent to an activating group) is 1. The van der Waals surface area contributed by atoms with Crippen LogP contribution < -0.4 is 0 Å². The Kier molecular flexibility index (Phi) is 10.3. The van der Waals surface area contributed by atoms with Crippen LogP contribution >= 0.6 is 11.6 Å².